The van der Waals surface area contributed by atoms with E-state index in [1.54, 1.807) is 17.5 Å². The SMILES string of the molecule is COc1csc(C(=O)Nc2cccc(S(N)(=O)=O)c2)c1. The summed E-state index contributed by atoms with van der Waals surface area (Å²) in [5.74, 6) is 0.253. The number of hydrogen-bond donors (Lipinski definition) is 2. The van der Waals surface area contributed by atoms with Gasteiger partial charge < -0.3 is 10.1 Å². The topological polar surface area (TPSA) is 98.5 Å². The number of benzene rings is 1. The molecule has 0 spiro atoms. The van der Waals surface area contributed by atoms with Crippen molar-refractivity contribution < 1.29 is 17.9 Å². The van der Waals surface area contributed by atoms with Gasteiger partial charge in [-0.3, -0.25) is 4.79 Å². The van der Waals surface area contributed by atoms with Crippen LogP contribution in [0.1, 0.15) is 9.67 Å². The molecular formula is C12H12N2O4S2. The van der Waals surface area contributed by atoms with Crippen LogP contribution in [0.15, 0.2) is 40.6 Å². The summed E-state index contributed by atoms with van der Waals surface area (Å²) in [7, 11) is -2.28. The average molecular weight is 312 g/mol. The van der Waals surface area contributed by atoms with Crippen molar-refractivity contribution in [3.63, 3.8) is 0 Å². The summed E-state index contributed by atoms with van der Waals surface area (Å²) >= 11 is 1.23. The van der Waals surface area contributed by atoms with Crippen molar-refractivity contribution in [2.45, 2.75) is 4.90 Å². The van der Waals surface area contributed by atoms with Crippen molar-refractivity contribution in [3.8, 4) is 5.75 Å². The summed E-state index contributed by atoms with van der Waals surface area (Å²) in [6.45, 7) is 0. The molecule has 2 rings (SSSR count). The highest BCUT2D eigenvalue weighted by Gasteiger charge is 2.12. The van der Waals surface area contributed by atoms with Gasteiger partial charge in [0.25, 0.3) is 5.91 Å². The van der Waals surface area contributed by atoms with E-state index in [9.17, 15) is 13.2 Å². The van der Waals surface area contributed by atoms with Gasteiger partial charge in [0.1, 0.15) is 5.75 Å². The van der Waals surface area contributed by atoms with Crippen LogP contribution < -0.4 is 15.2 Å². The molecule has 6 nitrogen and oxygen atoms in total. The lowest BCUT2D eigenvalue weighted by molar-refractivity contribution is 0.103. The van der Waals surface area contributed by atoms with E-state index in [4.69, 9.17) is 9.88 Å². The molecule has 0 radical (unpaired) electrons. The first-order chi connectivity index (χ1) is 9.40. The second-order valence-electron chi connectivity index (χ2n) is 3.88. The largest absolute Gasteiger partial charge is 0.496 e. The first-order valence-corrected chi connectivity index (χ1v) is 7.89. The smallest absolute Gasteiger partial charge is 0.265 e. The fourth-order valence-corrected chi connectivity index (χ4v) is 2.80. The third kappa shape index (κ3) is 3.35. The first-order valence-electron chi connectivity index (χ1n) is 5.47. The third-order valence-corrected chi connectivity index (χ3v) is 4.27. The van der Waals surface area contributed by atoms with Gasteiger partial charge in [-0.25, -0.2) is 13.6 Å². The molecule has 2 aromatic rings. The Bertz CT molecular complexity index is 737. The zero-order chi connectivity index (χ0) is 14.8. The molecule has 0 atom stereocenters. The first kappa shape index (κ1) is 14.5. The van der Waals surface area contributed by atoms with Gasteiger partial charge in [0.2, 0.25) is 10.0 Å². The van der Waals surface area contributed by atoms with E-state index in [2.05, 4.69) is 5.32 Å². The predicted molar refractivity (Wildman–Crippen MR) is 76.6 cm³/mol. The lowest BCUT2D eigenvalue weighted by atomic mass is 10.3. The quantitative estimate of drug-likeness (QED) is 0.897. The maximum Gasteiger partial charge on any atom is 0.265 e. The number of hydrogen-bond acceptors (Lipinski definition) is 5. The predicted octanol–water partition coefficient (Wildman–Crippen LogP) is 1.66. The molecule has 106 valence electrons. The molecule has 3 N–H and O–H groups in total. The minimum atomic E-state index is -3.79. The Balaban J connectivity index is 2.20. The standard InChI is InChI=1S/C12H12N2O4S2/c1-18-9-6-11(19-7-9)12(15)14-8-3-2-4-10(5-8)20(13,16)17/h2-7H,1H3,(H,14,15)(H2,13,16,17). The van der Waals surface area contributed by atoms with Crippen LogP contribution in [0.5, 0.6) is 5.75 Å². The number of rotatable bonds is 4. The molecule has 0 aliphatic rings. The number of carbonyl (C=O) groups excluding carboxylic acids is 1. The Morgan fingerprint density at radius 3 is 2.70 bits per heavy atom. The Kier molecular flexibility index (Phi) is 4.07. The van der Waals surface area contributed by atoms with Crippen molar-refractivity contribution in [1.29, 1.82) is 0 Å². The van der Waals surface area contributed by atoms with Gasteiger partial charge >= 0.3 is 0 Å². The van der Waals surface area contributed by atoms with Crippen molar-refractivity contribution >= 4 is 33.0 Å². The Hall–Kier alpha value is -1.90. The molecule has 20 heavy (non-hydrogen) atoms. The number of nitrogens with one attached hydrogen (secondary N) is 1. The van der Waals surface area contributed by atoms with Gasteiger partial charge in [0, 0.05) is 17.1 Å². The summed E-state index contributed by atoms with van der Waals surface area (Å²) < 4.78 is 27.5. The molecule has 0 aliphatic carbocycles. The van der Waals surface area contributed by atoms with Crippen molar-refractivity contribution in [3.05, 3.63) is 40.6 Å². The van der Waals surface area contributed by atoms with E-state index in [1.807, 2.05) is 0 Å². The number of anilines is 1. The van der Waals surface area contributed by atoms with Gasteiger partial charge in [0.05, 0.1) is 16.9 Å². The lowest BCUT2D eigenvalue weighted by Gasteiger charge is -2.05. The van der Waals surface area contributed by atoms with Crippen LogP contribution in [0.4, 0.5) is 5.69 Å². The molecule has 0 aliphatic heterocycles. The zero-order valence-corrected chi connectivity index (χ0v) is 12.1. The monoisotopic (exact) mass is 312 g/mol. The highest BCUT2D eigenvalue weighted by atomic mass is 32.2. The minimum Gasteiger partial charge on any atom is -0.496 e. The number of sulfonamides is 1. The Morgan fingerprint density at radius 1 is 1.35 bits per heavy atom. The van der Waals surface area contributed by atoms with Crippen molar-refractivity contribution in [2.24, 2.45) is 5.14 Å². The van der Waals surface area contributed by atoms with Gasteiger partial charge in [-0.1, -0.05) is 6.07 Å². The van der Waals surface area contributed by atoms with Crippen LogP contribution in [0, 0.1) is 0 Å². The molecular weight excluding hydrogens is 300 g/mol. The number of thiophene rings is 1. The Morgan fingerprint density at radius 2 is 2.10 bits per heavy atom. The second kappa shape index (κ2) is 5.61. The van der Waals surface area contributed by atoms with E-state index in [-0.39, 0.29) is 10.8 Å². The zero-order valence-electron chi connectivity index (χ0n) is 10.5. The van der Waals surface area contributed by atoms with Crippen LogP contribution in [0.3, 0.4) is 0 Å². The summed E-state index contributed by atoms with van der Waals surface area (Å²) in [6.07, 6.45) is 0. The molecule has 0 saturated carbocycles. The maximum absolute atomic E-state index is 12.0. The number of amides is 1. The fourth-order valence-electron chi connectivity index (χ4n) is 1.49. The van der Waals surface area contributed by atoms with Gasteiger partial charge in [-0.15, -0.1) is 11.3 Å². The molecule has 1 aromatic heterocycles. The highest BCUT2D eigenvalue weighted by molar-refractivity contribution is 7.89. The van der Waals surface area contributed by atoms with Crippen molar-refractivity contribution in [1.82, 2.24) is 0 Å². The summed E-state index contributed by atoms with van der Waals surface area (Å²) in [4.78, 5) is 12.4. The van der Waals surface area contributed by atoms with Gasteiger partial charge in [-0.2, -0.15) is 0 Å². The molecule has 0 fully saturated rings. The minimum absolute atomic E-state index is 0.0564. The van der Waals surface area contributed by atoms with Crippen LogP contribution >= 0.6 is 11.3 Å². The van der Waals surface area contributed by atoms with Crippen LogP contribution in [0.2, 0.25) is 0 Å². The van der Waals surface area contributed by atoms with Crippen LogP contribution in [0.25, 0.3) is 0 Å². The fraction of sp³-hybridized carbons (Fsp3) is 0.0833. The number of methoxy groups -OCH3 is 1. The van der Waals surface area contributed by atoms with E-state index < -0.39 is 10.0 Å². The van der Waals surface area contributed by atoms with Crippen LogP contribution in [-0.4, -0.2) is 21.4 Å². The number of carbonyl (C=O) groups is 1. The number of ether oxygens (including phenoxy) is 1. The number of nitrogens with two attached hydrogens (primary N) is 1. The molecule has 0 bridgehead atoms. The van der Waals surface area contributed by atoms with E-state index in [0.717, 1.165) is 0 Å². The van der Waals surface area contributed by atoms with E-state index >= 15 is 0 Å². The molecule has 0 saturated heterocycles. The van der Waals surface area contributed by atoms with E-state index in [1.165, 1.54) is 36.6 Å². The molecule has 1 heterocycles. The van der Waals surface area contributed by atoms with Crippen molar-refractivity contribution in [2.75, 3.05) is 12.4 Å². The summed E-state index contributed by atoms with van der Waals surface area (Å²) in [6, 6.07) is 7.35. The average Bonchev–Trinajstić information content (AvgIpc) is 2.87. The molecule has 1 aromatic carbocycles. The normalized spacial score (nSPS) is 11.1. The highest BCUT2D eigenvalue weighted by Crippen LogP contribution is 2.22. The molecule has 0 unspecified atom stereocenters. The van der Waals surface area contributed by atoms with E-state index in [0.29, 0.717) is 16.3 Å². The summed E-state index contributed by atoms with van der Waals surface area (Å²) in [5, 5.41) is 9.34. The molecule has 1 amide bonds. The lowest BCUT2D eigenvalue weighted by Crippen LogP contribution is -2.14. The van der Waals surface area contributed by atoms with Gasteiger partial charge in [-0.05, 0) is 18.2 Å². The Labute approximate surface area is 120 Å². The maximum atomic E-state index is 12.0. The number of primary sulfonamides is 1. The molecule has 8 heteroatoms. The van der Waals surface area contributed by atoms with Crippen LogP contribution in [-0.2, 0) is 10.0 Å². The second-order valence-corrected chi connectivity index (χ2v) is 6.35. The summed E-state index contributed by atoms with van der Waals surface area (Å²) in [5.41, 5.74) is 0.355. The third-order valence-electron chi connectivity index (χ3n) is 2.46. The van der Waals surface area contributed by atoms with Gasteiger partial charge in [0.15, 0.2) is 0 Å².